The molecule has 3 heteroatoms. The van der Waals surface area contributed by atoms with E-state index in [1.807, 2.05) is 24.3 Å². The lowest BCUT2D eigenvalue weighted by molar-refractivity contribution is 0.320. The molecule has 2 nitrogen and oxygen atoms in total. The molecule has 2 N–H and O–H groups in total. The molecule has 20 heavy (non-hydrogen) atoms. The Kier molecular flexibility index (Phi) is 3.95. The van der Waals surface area contributed by atoms with Gasteiger partial charge in [0.1, 0.15) is 5.75 Å². The van der Waals surface area contributed by atoms with Crippen LogP contribution in [0.4, 0.5) is 0 Å². The number of phenols is 1. The highest BCUT2D eigenvalue weighted by atomic mass is 35.5. The topological polar surface area (TPSA) is 32.3 Å². The van der Waals surface area contributed by atoms with Crippen LogP contribution in [0.5, 0.6) is 5.75 Å². The van der Waals surface area contributed by atoms with Gasteiger partial charge in [0.15, 0.2) is 0 Å². The summed E-state index contributed by atoms with van der Waals surface area (Å²) in [7, 11) is 0. The van der Waals surface area contributed by atoms with E-state index in [1.165, 1.54) is 24.8 Å². The first kappa shape index (κ1) is 13.5. The molecule has 0 heterocycles. The van der Waals surface area contributed by atoms with Crippen molar-refractivity contribution in [3.8, 4) is 5.75 Å². The molecule has 0 saturated heterocycles. The third kappa shape index (κ3) is 2.97. The third-order valence-corrected chi connectivity index (χ3v) is 4.19. The van der Waals surface area contributed by atoms with Gasteiger partial charge in [0.25, 0.3) is 0 Å². The van der Waals surface area contributed by atoms with Crippen LogP contribution in [0.3, 0.4) is 0 Å². The van der Waals surface area contributed by atoms with E-state index in [0.717, 1.165) is 10.6 Å². The van der Waals surface area contributed by atoms with E-state index in [0.29, 0.717) is 11.8 Å². The zero-order chi connectivity index (χ0) is 13.9. The number of hydrogen-bond donors (Lipinski definition) is 2. The van der Waals surface area contributed by atoms with Crippen LogP contribution in [0, 0.1) is 0 Å². The lowest BCUT2D eigenvalue weighted by Gasteiger charge is -2.32. The minimum Gasteiger partial charge on any atom is -0.508 e. The molecule has 1 saturated carbocycles. The molecule has 1 atom stereocenters. The van der Waals surface area contributed by atoms with Gasteiger partial charge in [-0.3, -0.25) is 0 Å². The summed E-state index contributed by atoms with van der Waals surface area (Å²) >= 11 is 5.97. The van der Waals surface area contributed by atoms with Gasteiger partial charge >= 0.3 is 0 Å². The van der Waals surface area contributed by atoms with Crippen molar-refractivity contribution in [2.24, 2.45) is 0 Å². The molecule has 1 aliphatic rings. The predicted molar refractivity (Wildman–Crippen MR) is 82.2 cm³/mol. The maximum atomic E-state index is 9.45. The summed E-state index contributed by atoms with van der Waals surface area (Å²) in [5, 5.41) is 13.9. The largest absolute Gasteiger partial charge is 0.508 e. The highest BCUT2D eigenvalue weighted by molar-refractivity contribution is 6.30. The van der Waals surface area contributed by atoms with E-state index in [-0.39, 0.29) is 6.04 Å². The molecule has 0 spiro atoms. The van der Waals surface area contributed by atoms with Crippen LogP contribution in [0.1, 0.15) is 36.4 Å². The van der Waals surface area contributed by atoms with Gasteiger partial charge in [-0.1, -0.05) is 42.3 Å². The van der Waals surface area contributed by atoms with Crippen molar-refractivity contribution in [2.75, 3.05) is 0 Å². The number of hydrogen-bond acceptors (Lipinski definition) is 2. The normalized spacial score (nSPS) is 16.6. The molecule has 0 amide bonds. The van der Waals surface area contributed by atoms with Crippen LogP contribution >= 0.6 is 11.6 Å². The molecular formula is C17H18ClNO. The Morgan fingerprint density at radius 2 is 1.50 bits per heavy atom. The van der Waals surface area contributed by atoms with Crippen molar-refractivity contribution < 1.29 is 5.11 Å². The fourth-order valence-corrected chi connectivity index (χ4v) is 2.64. The van der Waals surface area contributed by atoms with Gasteiger partial charge < -0.3 is 10.4 Å². The Hall–Kier alpha value is -1.51. The van der Waals surface area contributed by atoms with Gasteiger partial charge in [-0.2, -0.15) is 0 Å². The fourth-order valence-electron chi connectivity index (χ4n) is 2.52. The van der Waals surface area contributed by atoms with E-state index < -0.39 is 0 Å². The molecule has 2 aromatic rings. The van der Waals surface area contributed by atoms with Crippen LogP contribution in [-0.4, -0.2) is 11.1 Å². The summed E-state index contributed by atoms with van der Waals surface area (Å²) in [6, 6.07) is 16.1. The maximum Gasteiger partial charge on any atom is 0.115 e. The van der Waals surface area contributed by atoms with E-state index in [2.05, 4.69) is 17.4 Å². The van der Waals surface area contributed by atoms with Gasteiger partial charge in [-0.25, -0.2) is 0 Å². The Morgan fingerprint density at radius 3 is 2.00 bits per heavy atom. The van der Waals surface area contributed by atoms with Gasteiger partial charge in [0, 0.05) is 11.1 Å². The molecule has 0 aliphatic heterocycles. The highest BCUT2D eigenvalue weighted by Crippen LogP contribution is 2.29. The summed E-state index contributed by atoms with van der Waals surface area (Å²) in [6.45, 7) is 0. The standard InChI is InChI=1S/C17H18ClNO/c18-14-8-4-12(5-9-14)17(19-15-2-1-3-15)13-6-10-16(20)11-7-13/h4-11,15,17,19-20H,1-3H2. The van der Waals surface area contributed by atoms with Crippen LogP contribution in [-0.2, 0) is 0 Å². The maximum absolute atomic E-state index is 9.45. The van der Waals surface area contributed by atoms with Crippen LogP contribution in [0.15, 0.2) is 48.5 Å². The van der Waals surface area contributed by atoms with Crippen molar-refractivity contribution in [1.29, 1.82) is 0 Å². The van der Waals surface area contributed by atoms with Crippen LogP contribution in [0.25, 0.3) is 0 Å². The van der Waals surface area contributed by atoms with Gasteiger partial charge in [-0.05, 0) is 48.2 Å². The Labute approximate surface area is 124 Å². The summed E-state index contributed by atoms with van der Waals surface area (Å²) in [5.41, 5.74) is 2.36. The van der Waals surface area contributed by atoms with Crippen LogP contribution in [0.2, 0.25) is 5.02 Å². The molecule has 0 radical (unpaired) electrons. The molecule has 1 fully saturated rings. The number of benzene rings is 2. The summed E-state index contributed by atoms with van der Waals surface area (Å²) in [4.78, 5) is 0. The number of aromatic hydroxyl groups is 1. The SMILES string of the molecule is Oc1ccc(C(NC2CCC2)c2ccc(Cl)cc2)cc1. The van der Waals surface area contributed by atoms with E-state index in [4.69, 9.17) is 11.6 Å². The number of phenolic OH excluding ortho intramolecular Hbond substituents is 1. The minimum absolute atomic E-state index is 0.151. The molecular weight excluding hydrogens is 270 g/mol. The average Bonchev–Trinajstić information content (AvgIpc) is 2.41. The quantitative estimate of drug-likeness (QED) is 0.880. The molecule has 2 aromatic carbocycles. The molecule has 1 unspecified atom stereocenters. The van der Waals surface area contributed by atoms with Crippen molar-refractivity contribution in [2.45, 2.75) is 31.3 Å². The molecule has 0 aromatic heterocycles. The first-order chi connectivity index (χ1) is 9.72. The first-order valence-corrected chi connectivity index (χ1v) is 7.40. The van der Waals surface area contributed by atoms with Gasteiger partial charge in [-0.15, -0.1) is 0 Å². The molecule has 0 bridgehead atoms. The van der Waals surface area contributed by atoms with Crippen LogP contribution < -0.4 is 5.32 Å². The smallest absolute Gasteiger partial charge is 0.115 e. The monoisotopic (exact) mass is 287 g/mol. The van der Waals surface area contributed by atoms with E-state index >= 15 is 0 Å². The second-order valence-electron chi connectivity index (χ2n) is 5.37. The lowest BCUT2D eigenvalue weighted by Crippen LogP contribution is -2.38. The Morgan fingerprint density at radius 1 is 0.950 bits per heavy atom. The lowest BCUT2D eigenvalue weighted by atomic mass is 9.90. The van der Waals surface area contributed by atoms with Gasteiger partial charge in [0.2, 0.25) is 0 Å². The van der Waals surface area contributed by atoms with Crippen molar-refractivity contribution >= 4 is 11.6 Å². The first-order valence-electron chi connectivity index (χ1n) is 7.03. The van der Waals surface area contributed by atoms with Crippen molar-refractivity contribution in [3.05, 3.63) is 64.7 Å². The molecule has 1 aliphatic carbocycles. The minimum atomic E-state index is 0.151. The van der Waals surface area contributed by atoms with Crippen molar-refractivity contribution in [3.63, 3.8) is 0 Å². The zero-order valence-corrected chi connectivity index (χ0v) is 12.0. The summed E-state index contributed by atoms with van der Waals surface area (Å²) in [5.74, 6) is 0.298. The highest BCUT2D eigenvalue weighted by Gasteiger charge is 2.23. The van der Waals surface area contributed by atoms with E-state index in [1.54, 1.807) is 12.1 Å². The third-order valence-electron chi connectivity index (χ3n) is 3.94. The second-order valence-corrected chi connectivity index (χ2v) is 5.81. The number of nitrogens with one attached hydrogen (secondary N) is 1. The number of halogens is 1. The molecule has 3 rings (SSSR count). The summed E-state index contributed by atoms with van der Waals surface area (Å²) in [6.07, 6.45) is 3.78. The Bertz CT molecular complexity index is 515. The number of rotatable bonds is 4. The van der Waals surface area contributed by atoms with E-state index in [9.17, 15) is 5.11 Å². The zero-order valence-electron chi connectivity index (χ0n) is 11.2. The summed E-state index contributed by atoms with van der Waals surface area (Å²) < 4.78 is 0. The molecule has 104 valence electrons. The Balaban J connectivity index is 1.89. The van der Waals surface area contributed by atoms with Crippen molar-refractivity contribution in [1.82, 2.24) is 5.32 Å². The predicted octanol–water partition coefficient (Wildman–Crippen LogP) is 4.28. The average molecular weight is 288 g/mol. The second kappa shape index (κ2) is 5.86. The van der Waals surface area contributed by atoms with Gasteiger partial charge in [0.05, 0.1) is 6.04 Å². The fraction of sp³-hybridized carbons (Fsp3) is 0.294.